The van der Waals surface area contributed by atoms with Crippen LogP contribution in [0.1, 0.15) is 37.0 Å². The van der Waals surface area contributed by atoms with E-state index in [1.165, 1.54) is 0 Å². The van der Waals surface area contributed by atoms with Crippen LogP contribution in [-0.2, 0) is 11.2 Å². The zero-order valence-corrected chi connectivity index (χ0v) is 9.72. The zero-order chi connectivity index (χ0) is 11.4. The molecule has 0 amide bonds. The van der Waals surface area contributed by atoms with E-state index in [2.05, 4.69) is 11.9 Å². The van der Waals surface area contributed by atoms with Gasteiger partial charge in [-0.25, -0.2) is 0 Å². The lowest BCUT2D eigenvalue weighted by Crippen LogP contribution is -2.22. The second-order valence-electron chi connectivity index (χ2n) is 4.32. The molecule has 2 heterocycles. The highest BCUT2D eigenvalue weighted by molar-refractivity contribution is 5.26. The lowest BCUT2D eigenvalue weighted by molar-refractivity contribution is 0.00685. The van der Waals surface area contributed by atoms with Gasteiger partial charge in [0.15, 0.2) is 0 Å². The minimum absolute atomic E-state index is 0.335. The summed E-state index contributed by atoms with van der Waals surface area (Å²) in [5.41, 5.74) is 2.20. The number of aliphatic hydroxyl groups is 1. The summed E-state index contributed by atoms with van der Waals surface area (Å²) in [5.74, 6) is 0.335. The Morgan fingerprint density at radius 1 is 1.50 bits per heavy atom. The maximum absolute atomic E-state index is 10.4. The van der Waals surface area contributed by atoms with E-state index < -0.39 is 0 Å². The van der Waals surface area contributed by atoms with Crippen molar-refractivity contribution in [3.8, 4) is 0 Å². The first-order chi connectivity index (χ1) is 7.83. The van der Waals surface area contributed by atoms with Gasteiger partial charge in [0.05, 0.1) is 6.10 Å². The van der Waals surface area contributed by atoms with Gasteiger partial charge in [0.2, 0.25) is 0 Å². The molecule has 1 aliphatic rings. The van der Waals surface area contributed by atoms with Crippen LogP contribution in [-0.4, -0.2) is 23.3 Å². The van der Waals surface area contributed by atoms with Crippen LogP contribution in [0.25, 0.3) is 0 Å². The van der Waals surface area contributed by atoms with Gasteiger partial charge < -0.3 is 9.84 Å². The molecule has 0 spiro atoms. The van der Waals surface area contributed by atoms with Gasteiger partial charge in [0.25, 0.3) is 0 Å². The third-order valence-electron chi connectivity index (χ3n) is 3.35. The molecule has 1 fully saturated rings. The highest BCUT2D eigenvalue weighted by Gasteiger charge is 2.24. The lowest BCUT2D eigenvalue weighted by atomic mass is 9.87. The number of pyridine rings is 1. The molecular weight excluding hydrogens is 202 g/mol. The average molecular weight is 221 g/mol. The Kier molecular flexibility index (Phi) is 3.91. The maximum atomic E-state index is 10.4. The SMILES string of the molecule is CCc1cnccc1C(O)C1CCOCC1. The van der Waals surface area contributed by atoms with Crippen molar-refractivity contribution in [3.05, 3.63) is 29.6 Å². The van der Waals surface area contributed by atoms with Crippen molar-refractivity contribution in [1.82, 2.24) is 4.98 Å². The Bertz CT molecular complexity index is 334. The first-order valence-electron chi connectivity index (χ1n) is 6.01. The minimum atomic E-state index is -0.359. The van der Waals surface area contributed by atoms with Gasteiger partial charge in [-0.1, -0.05) is 6.92 Å². The summed E-state index contributed by atoms with van der Waals surface area (Å²) in [4.78, 5) is 4.11. The van der Waals surface area contributed by atoms with Crippen molar-refractivity contribution < 1.29 is 9.84 Å². The molecule has 1 saturated heterocycles. The Morgan fingerprint density at radius 2 is 2.25 bits per heavy atom. The van der Waals surface area contributed by atoms with Crippen molar-refractivity contribution in [1.29, 1.82) is 0 Å². The molecule has 0 saturated carbocycles. The van der Waals surface area contributed by atoms with Crippen LogP contribution in [0.2, 0.25) is 0 Å². The van der Waals surface area contributed by atoms with Gasteiger partial charge in [0.1, 0.15) is 0 Å². The van der Waals surface area contributed by atoms with E-state index in [-0.39, 0.29) is 6.10 Å². The van der Waals surface area contributed by atoms with Gasteiger partial charge in [-0.15, -0.1) is 0 Å². The fourth-order valence-electron chi connectivity index (χ4n) is 2.31. The van der Waals surface area contributed by atoms with Gasteiger partial charge in [0, 0.05) is 25.6 Å². The molecular formula is C13H19NO2. The van der Waals surface area contributed by atoms with E-state index in [4.69, 9.17) is 4.74 Å². The van der Waals surface area contributed by atoms with Crippen LogP contribution >= 0.6 is 0 Å². The average Bonchev–Trinajstić information content (AvgIpc) is 2.39. The van der Waals surface area contributed by atoms with Crippen molar-refractivity contribution in [2.45, 2.75) is 32.3 Å². The summed E-state index contributed by atoms with van der Waals surface area (Å²) >= 11 is 0. The molecule has 16 heavy (non-hydrogen) atoms. The number of rotatable bonds is 3. The standard InChI is InChI=1S/C13H19NO2/c1-2-10-9-14-6-3-12(10)13(15)11-4-7-16-8-5-11/h3,6,9,11,13,15H,2,4-5,7-8H2,1H3. The molecule has 1 unspecified atom stereocenters. The zero-order valence-electron chi connectivity index (χ0n) is 9.72. The number of hydrogen-bond donors (Lipinski definition) is 1. The van der Waals surface area contributed by atoms with Crippen LogP contribution in [0.5, 0.6) is 0 Å². The number of aryl methyl sites for hydroxylation is 1. The highest BCUT2D eigenvalue weighted by atomic mass is 16.5. The molecule has 0 aliphatic carbocycles. The number of aliphatic hydroxyl groups excluding tert-OH is 1. The Hall–Kier alpha value is -0.930. The van der Waals surface area contributed by atoms with E-state index in [0.29, 0.717) is 5.92 Å². The molecule has 2 rings (SSSR count). The van der Waals surface area contributed by atoms with E-state index in [1.54, 1.807) is 6.20 Å². The first-order valence-corrected chi connectivity index (χ1v) is 6.01. The molecule has 1 N–H and O–H groups in total. The first kappa shape index (κ1) is 11.6. The van der Waals surface area contributed by atoms with Crippen LogP contribution in [0.4, 0.5) is 0 Å². The summed E-state index contributed by atoms with van der Waals surface area (Å²) < 4.78 is 5.32. The minimum Gasteiger partial charge on any atom is -0.388 e. The second kappa shape index (κ2) is 5.41. The van der Waals surface area contributed by atoms with Gasteiger partial charge in [-0.2, -0.15) is 0 Å². The Balaban J connectivity index is 2.15. The quantitative estimate of drug-likeness (QED) is 0.850. The third-order valence-corrected chi connectivity index (χ3v) is 3.35. The summed E-state index contributed by atoms with van der Waals surface area (Å²) in [6.45, 7) is 3.64. The van der Waals surface area contributed by atoms with E-state index in [1.807, 2.05) is 12.3 Å². The number of ether oxygens (including phenoxy) is 1. The predicted octanol–water partition coefficient (Wildman–Crippen LogP) is 2.10. The highest BCUT2D eigenvalue weighted by Crippen LogP contribution is 2.31. The monoisotopic (exact) mass is 221 g/mol. The molecule has 0 bridgehead atoms. The molecule has 0 aromatic carbocycles. The molecule has 1 aromatic heterocycles. The molecule has 88 valence electrons. The second-order valence-corrected chi connectivity index (χ2v) is 4.32. The number of aromatic nitrogens is 1. The Labute approximate surface area is 96.5 Å². The van der Waals surface area contributed by atoms with E-state index in [0.717, 1.165) is 43.6 Å². The molecule has 1 aliphatic heterocycles. The molecule has 1 aromatic rings. The maximum Gasteiger partial charge on any atom is 0.0823 e. The van der Waals surface area contributed by atoms with Crippen LogP contribution < -0.4 is 0 Å². The van der Waals surface area contributed by atoms with Crippen LogP contribution in [0.3, 0.4) is 0 Å². The molecule has 1 atom stereocenters. The molecule has 3 nitrogen and oxygen atoms in total. The lowest BCUT2D eigenvalue weighted by Gasteiger charge is -2.28. The number of nitrogens with zero attached hydrogens (tertiary/aromatic N) is 1. The van der Waals surface area contributed by atoms with Crippen LogP contribution in [0, 0.1) is 5.92 Å². The summed E-state index contributed by atoms with van der Waals surface area (Å²) in [5, 5.41) is 10.4. The van der Waals surface area contributed by atoms with E-state index >= 15 is 0 Å². The fourth-order valence-corrected chi connectivity index (χ4v) is 2.31. The van der Waals surface area contributed by atoms with Crippen molar-refractivity contribution in [3.63, 3.8) is 0 Å². The predicted molar refractivity (Wildman–Crippen MR) is 62.1 cm³/mol. The smallest absolute Gasteiger partial charge is 0.0823 e. The normalized spacial score (nSPS) is 19.6. The molecule has 0 radical (unpaired) electrons. The van der Waals surface area contributed by atoms with E-state index in [9.17, 15) is 5.11 Å². The van der Waals surface area contributed by atoms with Crippen molar-refractivity contribution in [2.75, 3.05) is 13.2 Å². The summed E-state index contributed by atoms with van der Waals surface area (Å²) in [7, 11) is 0. The fraction of sp³-hybridized carbons (Fsp3) is 0.615. The molecule has 3 heteroatoms. The van der Waals surface area contributed by atoms with Gasteiger partial charge in [-0.05, 0) is 42.4 Å². The summed E-state index contributed by atoms with van der Waals surface area (Å²) in [6, 6.07) is 1.94. The number of hydrogen-bond acceptors (Lipinski definition) is 3. The topological polar surface area (TPSA) is 42.4 Å². The van der Waals surface area contributed by atoms with Crippen LogP contribution in [0.15, 0.2) is 18.5 Å². The third kappa shape index (κ3) is 2.42. The van der Waals surface area contributed by atoms with Crippen molar-refractivity contribution in [2.24, 2.45) is 5.92 Å². The van der Waals surface area contributed by atoms with Gasteiger partial charge >= 0.3 is 0 Å². The largest absolute Gasteiger partial charge is 0.388 e. The van der Waals surface area contributed by atoms with Crippen molar-refractivity contribution >= 4 is 0 Å². The van der Waals surface area contributed by atoms with Gasteiger partial charge in [-0.3, -0.25) is 4.98 Å². The summed E-state index contributed by atoms with van der Waals surface area (Å²) in [6.07, 6.45) is 6.08. The Morgan fingerprint density at radius 3 is 2.94 bits per heavy atom.